The van der Waals surface area contributed by atoms with Crippen molar-refractivity contribution in [2.45, 2.75) is 6.61 Å². The highest BCUT2D eigenvalue weighted by molar-refractivity contribution is 6.30. The number of carbonyl (C=O) groups excluding carboxylic acids is 1. The van der Waals surface area contributed by atoms with Gasteiger partial charge in [-0.3, -0.25) is 4.68 Å². The van der Waals surface area contributed by atoms with Gasteiger partial charge < -0.3 is 9.47 Å². The highest BCUT2D eigenvalue weighted by Gasteiger charge is 2.13. The summed E-state index contributed by atoms with van der Waals surface area (Å²) in [6.07, 6.45) is 0. The largest absolute Gasteiger partial charge is 0.487 e. The molecule has 2 aromatic rings. The molecule has 5 nitrogen and oxygen atoms in total. The van der Waals surface area contributed by atoms with E-state index in [4.69, 9.17) is 16.3 Å². The number of carbonyl (C=O) groups is 1. The average Bonchev–Trinajstić information content (AvgIpc) is 2.77. The molecule has 0 spiro atoms. The van der Waals surface area contributed by atoms with Crippen molar-refractivity contribution in [1.82, 2.24) is 9.78 Å². The first-order chi connectivity index (χ1) is 9.10. The number of aromatic nitrogens is 2. The number of hydrogen-bond acceptors (Lipinski definition) is 4. The van der Waals surface area contributed by atoms with Gasteiger partial charge in [-0.25, -0.2) is 4.79 Å². The van der Waals surface area contributed by atoms with Crippen LogP contribution in [-0.4, -0.2) is 22.9 Å². The van der Waals surface area contributed by atoms with Crippen LogP contribution >= 0.6 is 11.6 Å². The van der Waals surface area contributed by atoms with Gasteiger partial charge in [-0.2, -0.15) is 5.10 Å². The monoisotopic (exact) mass is 280 g/mol. The number of ether oxygens (including phenoxy) is 2. The molecule has 0 bridgehead atoms. The van der Waals surface area contributed by atoms with Crippen LogP contribution in [0.5, 0.6) is 5.75 Å². The zero-order valence-corrected chi connectivity index (χ0v) is 11.3. The lowest BCUT2D eigenvalue weighted by atomic mass is 10.3. The Hall–Kier alpha value is -2.01. The Morgan fingerprint density at radius 2 is 2.21 bits per heavy atom. The Labute approximate surface area is 115 Å². The van der Waals surface area contributed by atoms with Crippen molar-refractivity contribution < 1.29 is 14.3 Å². The summed E-state index contributed by atoms with van der Waals surface area (Å²) in [6, 6.07) is 8.74. The summed E-state index contributed by atoms with van der Waals surface area (Å²) in [7, 11) is 3.06. The van der Waals surface area contributed by atoms with Gasteiger partial charge in [0.25, 0.3) is 0 Å². The second-order valence-corrected chi connectivity index (χ2v) is 4.32. The minimum absolute atomic E-state index is 0.259. The summed E-state index contributed by atoms with van der Waals surface area (Å²) in [5.41, 5.74) is 1.02. The van der Waals surface area contributed by atoms with Gasteiger partial charge in [-0.05, 0) is 24.3 Å². The maximum Gasteiger partial charge on any atom is 0.358 e. The first kappa shape index (κ1) is 13.4. The molecular weight excluding hydrogens is 268 g/mol. The number of aryl methyl sites for hydroxylation is 1. The smallest absolute Gasteiger partial charge is 0.358 e. The zero-order chi connectivity index (χ0) is 13.8. The minimum Gasteiger partial charge on any atom is -0.487 e. The van der Waals surface area contributed by atoms with Crippen molar-refractivity contribution in [3.63, 3.8) is 0 Å². The molecule has 0 unspecified atom stereocenters. The van der Waals surface area contributed by atoms with E-state index in [0.29, 0.717) is 17.4 Å². The molecule has 0 fully saturated rings. The lowest BCUT2D eigenvalue weighted by molar-refractivity contribution is 0.0593. The highest BCUT2D eigenvalue weighted by Crippen LogP contribution is 2.18. The Balaban J connectivity index is 2.07. The number of hydrogen-bond donors (Lipinski definition) is 0. The summed E-state index contributed by atoms with van der Waals surface area (Å²) >= 11 is 5.86. The number of nitrogens with zero attached hydrogens (tertiary/aromatic N) is 2. The van der Waals surface area contributed by atoms with Crippen molar-refractivity contribution in [2.75, 3.05) is 7.11 Å². The Kier molecular flexibility index (Phi) is 4.06. The van der Waals surface area contributed by atoms with E-state index in [2.05, 4.69) is 9.84 Å². The molecule has 1 aromatic heterocycles. The molecule has 0 aliphatic rings. The molecule has 0 amide bonds. The summed E-state index contributed by atoms with van der Waals surface area (Å²) in [4.78, 5) is 11.3. The minimum atomic E-state index is -0.468. The van der Waals surface area contributed by atoms with Crippen LogP contribution in [-0.2, 0) is 18.4 Å². The van der Waals surface area contributed by atoms with Crippen molar-refractivity contribution in [2.24, 2.45) is 7.05 Å². The fraction of sp³-hybridized carbons (Fsp3) is 0.231. The maximum absolute atomic E-state index is 11.3. The van der Waals surface area contributed by atoms with Gasteiger partial charge in [0.1, 0.15) is 12.4 Å². The van der Waals surface area contributed by atoms with E-state index in [1.54, 1.807) is 36.0 Å². The predicted octanol–water partition coefficient (Wildman–Crippen LogP) is 2.44. The molecule has 1 aromatic carbocycles. The molecule has 0 aliphatic carbocycles. The Bertz CT molecular complexity index is 595. The van der Waals surface area contributed by atoms with E-state index in [9.17, 15) is 4.79 Å². The summed E-state index contributed by atoms with van der Waals surface area (Å²) in [5, 5.41) is 4.66. The number of halogens is 1. The van der Waals surface area contributed by atoms with Gasteiger partial charge in [0.15, 0.2) is 5.69 Å². The maximum atomic E-state index is 11.3. The van der Waals surface area contributed by atoms with Crippen LogP contribution in [0.25, 0.3) is 0 Å². The fourth-order valence-electron chi connectivity index (χ4n) is 1.56. The molecule has 6 heteroatoms. The third-order valence-electron chi connectivity index (χ3n) is 2.55. The molecule has 0 saturated heterocycles. The van der Waals surface area contributed by atoms with Crippen LogP contribution in [0.2, 0.25) is 5.02 Å². The summed E-state index contributed by atoms with van der Waals surface area (Å²) in [6.45, 7) is 0.292. The third-order valence-corrected chi connectivity index (χ3v) is 2.79. The highest BCUT2D eigenvalue weighted by atomic mass is 35.5. The molecule has 1 heterocycles. The van der Waals surface area contributed by atoms with Crippen LogP contribution in [0.3, 0.4) is 0 Å². The predicted molar refractivity (Wildman–Crippen MR) is 70.3 cm³/mol. The second kappa shape index (κ2) is 5.75. The number of esters is 1. The van der Waals surface area contributed by atoms with E-state index in [1.807, 2.05) is 6.07 Å². The first-order valence-electron chi connectivity index (χ1n) is 5.59. The van der Waals surface area contributed by atoms with Crippen LogP contribution in [0, 0.1) is 0 Å². The van der Waals surface area contributed by atoms with E-state index in [1.165, 1.54) is 7.11 Å². The molecule has 0 saturated carbocycles. The Morgan fingerprint density at radius 3 is 2.89 bits per heavy atom. The van der Waals surface area contributed by atoms with Crippen molar-refractivity contribution in [3.05, 3.63) is 46.7 Å². The number of methoxy groups -OCH3 is 1. The van der Waals surface area contributed by atoms with Crippen LogP contribution < -0.4 is 4.74 Å². The fourth-order valence-corrected chi connectivity index (χ4v) is 1.74. The summed E-state index contributed by atoms with van der Waals surface area (Å²) < 4.78 is 11.8. The third kappa shape index (κ3) is 3.26. The topological polar surface area (TPSA) is 53.4 Å². The molecule has 100 valence electrons. The van der Waals surface area contributed by atoms with E-state index >= 15 is 0 Å². The lowest BCUT2D eigenvalue weighted by Gasteiger charge is -2.06. The van der Waals surface area contributed by atoms with Gasteiger partial charge >= 0.3 is 5.97 Å². The standard InChI is InChI=1S/C13H13ClN2O3/c1-16-10(7-12(15-16)13(17)18-2)8-19-11-5-3-4-9(14)6-11/h3-7H,8H2,1-2H3. The van der Waals surface area contributed by atoms with Crippen LogP contribution in [0.15, 0.2) is 30.3 Å². The van der Waals surface area contributed by atoms with Gasteiger partial charge in [-0.1, -0.05) is 17.7 Å². The number of rotatable bonds is 4. The van der Waals surface area contributed by atoms with E-state index < -0.39 is 5.97 Å². The van der Waals surface area contributed by atoms with Gasteiger partial charge in [0.2, 0.25) is 0 Å². The van der Waals surface area contributed by atoms with Crippen molar-refractivity contribution in [3.8, 4) is 5.75 Å². The first-order valence-corrected chi connectivity index (χ1v) is 5.97. The normalized spacial score (nSPS) is 10.3. The Morgan fingerprint density at radius 1 is 1.42 bits per heavy atom. The second-order valence-electron chi connectivity index (χ2n) is 3.88. The molecule has 0 N–H and O–H groups in total. The van der Waals surface area contributed by atoms with Crippen LogP contribution in [0.4, 0.5) is 0 Å². The van der Waals surface area contributed by atoms with Crippen LogP contribution in [0.1, 0.15) is 16.2 Å². The molecule has 0 atom stereocenters. The molecule has 2 rings (SSSR count). The quantitative estimate of drug-likeness (QED) is 0.807. The summed E-state index contributed by atoms with van der Waals surface area (Å²) in [5.74, 6) is 0.193. The zero-order valence-electron chi connectivity index (χ0n) is 10.6. The molecular formula is C13H13ClN2O3. The van der Waals surface area contributed by atoms with E-state index in [-0.39, 0.29) is 5.69 Å². The SMILES string of the molecule is COC(=O)c1cc(COc2cccc(Cl)c2)n(C)n1. The number of benzene rings is 1. The molecule has 19 heavy (non-hydrogen) atoms. The lowest BCUT2D eigenvalue weighted by Crippen LogP contribution is -2.04. The van der Waals surface area contributed by atoms with Crippen molar-refractivity contribution in [1.29, 1.82) is 0 Å². The van der Waals surface area contributed by atoms with E-state index in [0.717, 1.165) is 5.69 Å². The van der Waals surface area contributed by atoms with Crippen molar-refractivity contribution >= 4 is 17.6 Å². The molecule has 0 radical (unpaired) electrons. The van der Waals surface area contributed by atoms with Gasteiger partial charge in [0.05, 0.1) is 12.8 Å². The average molecular weight is 281 g/mol. The van der Waals surface area contributed by atoms with Gasteiger partial charge in [0, 0.05) is 12.1 Å². The molecule has 0 aliphatic heterocycles. The van der Waals surface area contributed by atoms with Gasteiger partial charge in [-0.15, -0.1) is 0 Å².